The molecule has 7 nitrogen and oxygen atoms in total. The maximum absolute atomic E-state index is 9.10. The molecule has 0 spiro atoms. The zero-order valence-corrected chi connectivity index (χ0v) is 16.0. The van der Waals surface area contributed by atoms with E-state index in [4.69, 9.17) is 24.5 Å². The molecule has 2 N–H and O–H groups in total. The molecule has 150 valence electrons. The first-order valence-electron chi connectivity index (χ1n) is 9.57. The highest BCUT2D eigenvalue weighted by Crippen LogP contribution is 2.38. The summed E-state index contributed by atoms with van der Waals surface area (Å²) in [6.07, 6.45) is 4.84. The highest BCUT2D eigenvalue weighted by Gasteiger charge is 2.32. The molecule has 2 aromatic rings. The van der Waals surface area contributed by atoms with E-state index in [1.165, 1.54) is 37.2 Å². The summed E-state index contributed by atoms with van der Waals surface area (Å²) in [7, 11) is 0. The van der Waals surface area contributed by atoms with Crippen LogP contribution in [0.3, 0.4) is 0 Å². The molecule has 1 atom stereocenters. The lowest BCUT2D eigenvalue weighted by atomic mass is 9.89. The molecule has 0 aliphatic carbocycles. The van der Waals surface area contributed by atoms with Gasteiger partial charge in [-0.2, -0.15) is 0 Å². The number of rotatable bonds is 2. The quantitative estimate of drug-likeness (QED) is 0.771. The molecule has 28 heavy (non-hydrogen) atoms. The van der Waals surface area contributed by atoms with E-state index in [9.17, 15) is 0 Å². The van der Waals surface area contributed by atoms with Gasteiger partial charge in [-0.1, -0.05) is 25.1 Å². The number of likely N-dealkylation sites (tertiary alicyclic amines) is 1. The van der Waals surface area contributed by atoms with Crippen molar-refractivity contribution >= 4 is 11.9 Å². The zero-order valence-electron chi connectivity index (χ0n) is 16.0. The fourth-order valence-electron chi connectivity index (χ4n) is 3.87. The highest BCUT2D eigenvalue weighted by molar-refractivity contribution is 6.27. The number of hydrogen-bond acceptors (Lipinski definition) is 4. The molecule has 3 heterocycles. The van der Waals surface area contributed by atoms with Gasteiger partial charge in [-0.3, -0.25) is 0 Å². The van der Waals surface area contributed by atoms with E-state index in [2.05, 4.69) is 59.0 Å². The van der Waals surface area contributed by atoms with E-state index in [-0.39, 0.29) is 6.10 Å². The van der Waals surface area contributed by atoms with E-state index in [1.807, 2.05) is 0 Å². The summed E-state index contributed by atoms with van der Waals surface area (Å²) < 4.78 is 8.87. The van der Waals surface area contributed by atoms with Crippen molar-refractivity contribution in [3.8, 4) is 5.75 Å². The molecule has 1 fully saturated rings. The predicted molar refractivity (Wildman–Crippen MR) is 103 cm³/mol. The second-order valence-corrected chi connectivity index (χ2v) is 7.09. The average Bonchev–Trinajstić information content (AvgIpc) is 3.09. The van der Waals surface area contributed by atoms with Gasteiger partial charge in [-0.15, -0.1) is 0 Å². The Morgan fingerprint density at radius 2 is 1.75 bits per heavy atom. The zero-order chi connectivity index (χ0) is 20.1. The van der Waals surface area contributed by atoms with Crippen molar-refractivity contribution in [2.75, 3.05) is 19.6 Å². The Bertz CT molecular complexity index is 812. The third-order valence-electron chi connectivity index (χ3n) is 5.41. The van der Waals surface area contributed by atoms with Crippen molar-refractivity contribution in [2.24, 2.45) is 5.92 Å². The molecule has 1 aromatic heterocycles. The second kappa shape index (κ2) is 8.93. The van der Waals surface area contributed by atoms with Crippen molar-refractivity contribution in [1.82, 2.24) is 9.47 Å². The fourth-order valence-corrected chi connectivity index (χ4v) is 3.87. The van der Waals surface area contributed by atoms with Gasteiger partial charge >= 0.3 is 11.9 Å². The van der Waals surface area contributed by atoms with E-state index >= 15 is 0 Å². The van der Waals surface area contributed by atoms with Crippen molar-refractivity contribution in [3.05, 3.63) is 53.9 Å². The number of benzene rings is 1. The van der Waals surface area contributed by atoms with Crippen LogP contribution in [-0.2, 0) is 16.1 Å². The summed E-state index contributed by atoms with van der Waals surface area (Å²) in [5.74, 6) is -1.97. The van der Waals surface area contributed by atoms with E-state index < -0.39 is 11.9 Å². The van der Waals surface area contributed by atoms with Crippen LogP contribution in [0.2, 0.25) is 0 Å². The standard InChI is InChI=1S/C19H24N2O.C2H2O4/c1-2-20-12-9-15(10-13-20)19-17-7-5-11-21(17)14-16-6-3-4-8-18(16)22-19;3-1(4)2(5)6/h3-8,11,15,19H,2,9-10,12-14H2,1H3;(H,3,4)(H,5,6). The predicted octanol–water partition coefficient (Wildman–Crippen LogP) is 2.86. The Labute approximate surface area is 164 Å². The average molecular weight is 386 g/mol. The number of carboxylic acid groups (broad SMARTS) is 2. The van der Waals surface area contributed by atoms with Crippen LogP contribution in [0.1, 0.15) is 37.1 Å². The van der Waals surface area contributed by atoms with Crippen LogP contribution >= 0.6 is 0 Å². The van der Waals surface area contributed by atoms with Crippen LogP contribution in [0.15, 0.2) is 42.6 Å². The number of para-hydroxylation sites is 1. The number of fused-ring (bicyclic) bond motifs is 2. The third-order valence-corrected chi connectivity index (χ3v) is 5.41. The molecule has 1 aromatic carbocycles. The molecule has 2 aliphatic rings. The summed E-state index contributed by atoms with van der Waals surface area (Å²) >= 11 is 0. The monoisotopic (exact) mass is 386 g/mol. The van der Waals surface area contributed by atoms with Gasteiger partial charge in [0, 0.05) is 17.7 Å². The summed E-state index contributed by atoms with van der Waals surface area (Å²) in [5, 5.41) is 14.8. The minimum atomic E-state index is -1.82. The van der Waals surface area contributed by atoms with Gasteiger partial charge in [0.25, 0.3) is 0 Å². The first-order chi connectivity index (χ1) is 13.5. The Morgan fingerprint density at radius 1 is 1.07 bits per heavy atom. The minimum absolute atomic E-state index is 0.192. The summed E-state index contributed by atoms with van der Waals surface area (Å²) in [6, 6.07) is 12.9. The lowest BCUT2D eigenvalue weighted by Gasteiger charge is -2.35. The summed E-state index contributed by atoms with van der Waals surface area (Å²) in [6.45, 7) is 6.73. The maximum Gasteiger partial charge on any atom is 0.414 e. The topological polar surface area (TPSA) is 92.0 Å². The third kappa shape index (κ3) is 4.54. The van der Waals surface area contributed by atoms with E-state index in [1.54, 1.807) is 0 Å². The summed E-state index contributed by atoms with van der Waals surface area (Å²) in [5.41, 5.74) is 2.62. The molecule has 1 unspecified atom stereocenters. The van der Waals surface area contributed by atoms with Crippen LogP contribution in [0.4, 0.5) is 0 Å². The van der Waals surface area contributed by atoms with Crippen molar-refractivity contribution < 1.29 is 24.5 Å². The molecule has 0 saturated carbocycles. The van der Waals surface area contributed by atoms with E-state index in [0.717, 1.165) is 18.8 Å². The normalized spacial score (nSPS) is 19.2. The Hall–Kier alpha value is -2.80. The molecular formula is C21H26N2O5. The molecule has 4 rings (SSSR count). The van der Waals surface area contributed by atoms with E-state index in [0.29, 0.717) is 5.92 Å². The highest BCUT2D eigenvalue weighted by atomic mass is 16.5. The molecule has 0 amide bonds. The molecule has 0 radical (unpaired) electrons. The number of aromatic nitrogens is 1. The largest absolute Gasteiger partial charge is 0.484 e. The van der Waals surface area contributed by atoms with Gasteiger partial charge < -0.3 is 24.4 Å². The van der Waals surface area contributed by atoms with Gasteiger partial charge in [0.1, 0.15) is 11.9 Å². The molecule has 0 bridgehead atoms. The molecular weight excluding hydrogens is 360 g/mol. The van der Waals surface area contributed by atoms with Crippen molar-refractivity contribution in [1.29, 1.82) is 0 Å². The lowest BCUT2D eigenvalue weighted by molar-refractivity contribution is -0.159. The van der Waals surface area contributed by atoms with Gasteiger partial charge in [-0.25, -0.2) is 9.59 Å². The molecule has 2 aliphatic heterocycles. The number of carbonyl (C=O) groups is 2. The smallest absolute Gasteiger partial charge is 0.414 e. The number of ether oxygens (including phenoxy) is 1. The van der Waals surface area contributed by atoms with Gasteiger partial charge in [0.05, 0.1) is 12.2 Å². The second-order valence-electron chi connectivity index (χ2n) is 7.09. The summed E-state index contributed by atoms with van der Waals surface area (Å²) in [4.78, 5) is 20.7. The number of aliphatic carboxylic acids is 2. The Balaban J connectivity index is 0.000000330. The van der Waals surface area contributed by atoms with Gasteiger partial charge in [-0.05, 0) is 50.7 Å². The number of carboxylic acids is 2. The number of nitrogens with zero attached hydrogens (tertiary/aromatic N) is 2. The fraction of sp³-hybridized carbons (Fsp3) is 0.429. The van der Waals surface area contributed by atoms with Crippen LogP contribution in [0, 0.1) is 5.92 Å². The first-order valence-corrected chi connectivity index (χ1v) is 9.57. The van der Waals surface area contributed by atoms with Gasteiger partial charge in [0.15, 0.2) is 0 Å². The van der Waals surface area contributed by atoms with Gasteiger partial charge in [0.2, 0.25) is 0 Å². The SMILES string of the molecule is CCN1CCC(C2Oc3ccccc3Cn3cccc32)CC1.O=C(O)C(=O)O. The minimum Gasteiger partial charge on any atom is -0.484 e. The molecule has 7 heteroatoms. The Morgan fingerprint density at radius 3 is 2.39 bits per heavy atom. The first kappa shape index (κ1) is 19.9. The Kier molecular flexibility index (Phi) is 6.36. The maximum atomic E-state index is 9.10. The lowest BCUT2D eigenvalue weighted by Crippen LogP contribution is -2.36. The number of piperidine rings is 1. The number of hydrogen-bond donors (Lipinski definition) is 2. The van der Waals surface area contributed by atoms with Crippen molar-refractivity contribution in [3.63, 3.8) is 0 Å². The van der Waals surface area contributed by atoms with Crippen LogP contribution in [0.25, 0.3) is 0 Å². The van der Waals surface area contributed by atoms with Crippen LogP contribution < -0.4 is 4.74 Å². The van der Waals surface area contributed by atoms with Crippen molar-refractivity contribution in [2.45, 2.75) is 32.4 Å². The molecule has 1 saturated heterocycles. The van der Waals surface area contributed by atoms with Crippen LogP contribution in [0.5, 0.6) is 5.75 Å². The van der Waals surface area contributed by atoms with Crippen LogP contribution in [-0.4, -0.2) is 51.3 Å².